The molecule has 1 heterocycles. The van der Waals surface area contributed by atoms with E-state index >= 15 is 0 Å². The van der Waals surface area contributed by atoms with E-state index in [1.54, 1.807) is 6.08 Å². The molecule has 6 N–H and O–H groups in total. The molecule has 7 unspecified atom stereocenters. The van der Waals surface area contributed by atoms with Crippen molar-refractivity contribution in [1.29, 1.82) is 0 Å². The molecule has 54 heavy (non-hydrogen) atoms. The monoisotopic (exact) mass is 760 g/mol. The SMILES string of the molecule is CCCC/C=C/CC/C=C/CC/C=C/C(O)C(COC1OC(CO)C(O)C(O)C1O)NC(=O)CCCCCCCC/C=C\C/C=C\C/C=C\CCCCC. The van der Waals surface area contributed by atoms with Gasteiger partial charge in [-0.1, -0.05) is 138 Å². The van der Waals surface area contributed by atoms with Gasteiger partial charge in [0.2, 0.25) is 5.91 Å². The summed E-state index contributed by atoms with van der Waals surface area (Å²) in [5, 5.41) is 54.0. The summed E-state index contributed by atoms with van der Waals surface area (Å²) in [6.07, 6.45) is 39.4. The molecule has 0 radical (unpaired) electrons. The summed E-state index contributed by atoms with van der Waals surface area (Å²) >= 11 is 0. The molecule has 9 nitrogen and oxygen atoms in total. The fraction of sp³-hybridized carbons (Fsp3) is 0.711. The Morgan fingerprint density at radius 2 is 1.13 bits per heavy atom. The summed E-state index contributed by atoms with van der Waals surface area (Å²) in [4.78, 5) is 12.9. The molecule has 0 spiro atoms. The second-order valence-corrected chi connectivity index (χ2v) is 14.4. The first-order chi connectivity index (χ1) is 26.3. The van der Waals surface area contributed by atoms with Gasteiger partial charge in [-0.15, -0.1) is 0 Å². The number of rotatable bonds is 33. The third-order valence-corrected chi connectivity index (χ3v) is 9.48. The van der Waals surface area contributed by atoms with Crippen LogP contribution in [-0.2, 0) is 14.3 Å². The number of hydrogen-bond donors (Lipinski definition) is 6. The lowest BCUT2D eigenvalue weighted by Gasteiger charge is -2.40. The van der Waals surface area contributed by atoms with Gasteiger partial charge < -0.3 is 40.3 Å². The molecule has 0 aromatic heterocycles. The number of carbonyl (C=O) groups is 1. The van der Waals surface area contributed by atoms with Crippen molar-refractivity contribution in [2.75, 3.05) is 13.2 Å². The average Bonchev–Trinajstić information content (AvgIpc) is 3.17. The van der Waals surface area contributed by atoms with Crippen LogP contribution in [-0.4, -0.2) is 87.5 Å². The highest BCUT2D eigenvalue weighted by molar-refractivity contribution is 5.76. The Bertz CT molecular complexity index is 1070. The molecule has 1 saturated heterocycles. The molecule has 1 aliphatic rings. The van der Waals surface area contributed by atoms with Gasteiger partial charge in [-0.05, 0) is 77.0 Å². The lowest BCUT2D eigenvalue weighted by molar-refractivity contribution is -0.302. The number of aliphatic hydroxyl groups excluding tert-OH is 5. The van der Waals surface area contributed by atoms with Gasteiger partial charge in [-0.2, -0.15) is 0 Å². The number of aliphatic hydroxyl groups is 5. The number of ether oxygens (including phenoxy) is 2. The van der Waals surface area contributed by atoms with E-state index in [1.807, 2.05) is 6.08 Å². The quantitative estimate of drug-likeness (QED) is 0.0290. The van der Waals surface area contributed by atoms with Crippen LogP contribution in [0.25, 0.3) is 0 Å². The van der Waals surface area contributed by atoms with Gasteiger partial charge in [0, 0.05) is 6.42 Å². The van der Waals surface area contributed by atoms with Crippen LogP contribution in [0.3, 0.4) is 0 Å². The predicted octanol–water partition coefficient (Wildman–Crippen LogP) is 8.22. The van der Waals surface area contributed by atoms with Gasteiger partial charge >= 0.3 is 0 Å². The summed E-state index contributed by atoms with van der Waals surface area (Å²) in [5.41, 5.74) is 0. The maximum Gasteiger partial charge on any atom is 0.220 e. The third kappa shape index (κ3) is 25.7. The first kappa shape index (κ1) is 49.6. The second kappa shape index (κ2) is 35.1. The van der Waals surface area contributed by atoms with Crippen molar-refractivity contribution >= 4 is 5.91 Å². The highest BCUT2D eigenvalue weighted by Gasteiger charge is 2.44. The van der Waals surface area contributed by atoms with Gasteiger partial charge in [0.1, 0.15) is 24.4 Å². The summed E-state index contributed by atoms with van der Waals surface area (Å²) in [7, 11) is 0. The number of hydrogen-bond acceptors (Lipinski definition) is 8. The van der Waals surface area contributed by atoms with Gasteiger partial charge in [0.25, 0.3) is 0 Å². The van der Waals surface area contributed by atoms with Crippen LogP contribution in [0.4, 0.5) is 0 Å². The summed E-state index contributed by atoms with van der Waals surface area (Å²) in [6, 6.07) is -0.836. The molecule has 7 atom stereocenters. The van der Waals surface area contributed by atoms with E-state index in [4.69, 9.17) is 9.47 Å². The van der Waals surface area contributed by atoms with Crippen LogP contribution >= 0.6 is 0 Å². The first-order valence-corrected chi connectivity index (χ1v) is 21.2. The Hall–Kier alpha value is -2.37. The van der Waals surface area contributed by atoms with Gasteiger partial charge in [0.05, 0.1) is 25.4 Å². The van der Waals surface area contributed by atoms with Crippen LogP contribution in [0.1, 0.15) is 149 Å². The summed E-state index contributed by atoms with van der Waals surface area (Å²) < 4.78 is 11.1. The molecule has 1 fully saturated rings. The van der Waals surface area contributed by atoms with Crippen LogP contribution in [0.5, 0.6) is 0 Å². The lowest BCUT2D eigenvalue weighted by atomic mass is 9.99. The fourth-order valence-electron chi connectivity index (χ4n) is 6.00. The van der Waals surface area contributed by atoms with Crippen molar-refractivity contribution in [1.82, 2.24) is 5.32 Å². The molecule has 0 aromatic carbocycles. The molecular weight excluding hydrogens is 682 g/mol. The van der Waals surface area contributed by atoms with E-state index in [-0.39, 0.29) is 12.5 Å². The highest BCUT2D eigenvalue weighted by atomic mass is 16.7. The molecule has 0 aromatic rings. The average molecular weight is 760 g/mol. The highest BCUT2D eigenvalue weighted by Crippen LogP contribution is 2.22. The first-order valence-electron chi connectivity index (χ1n) is 21.2. The maximum absolute atomic E-state index is 12.9. The van der Waals surface area contributed by atoms with E-state index in [2.05, 4.69) is 79.9 Å². The van der Waals surface area contributed by atoms with Crippen molar-refractivity contribution < 1.29 is 39.8 Å². The molecule has 1 amide bonds. The van der Waals surface area contributed by atoms with Crippen LogP contribution in [0, 0.1) is 0 Å². The largest absolute Gasteiger partial charge is 0.394 e. The van der Waals surface area contributed by atoms with Crippen molar-refractivity contribution in [3.63, 3.8) is 0 Å². The molecule has 0 saturated carbocycles. The Kier molecular flexibility index (Phi) is 32.2. The van der Waals surface area contributed by atoms with E-state index in [0.29, 0.717) is 6.42 Å². The number of nitrogens with one attached hydrogen (secondary N) is 1. The number of allylic oxidation sites excluding steroid dienone is 11. The minimum atomic E-state index is -1.58. The Labute approximate surface area is 328 Å². The van der Waals surface area contributed by atoms with Crippen LogP contribution in [0.15, 0.2) is 72.9 Å². The normalized spacial score (nSPS) is 22.2. The van der Waals surface area contributed by atoms with E-state index in [0.717, 1.165) is 89.9 Å². The lowest BCUT2D eigenvalue weighted by Crippen LogP contribution is -2.60. The zero-order chi connectivity index (χ0) is 39.5. The minimum Gasteiger partial charge on any atom is -0.394 e. The van der Waals surface area contributed by atoms with E-state index < -0.39 is 49.5 Å². The zero-order valence-corrected chi connectivity index (χ0v) is 33.7. The van der Waals surface area contributed by atoms with Crippen molar-refractivity contribution in [3.8, 4) is 0 Å². The number of amides is 1. The molecule has 310 valence electrons. The molecule has 1 rings (SSSR count). The van der Waals surface area contributed by atoms with Crippen LogP contribution < -0.4 is 5.32 Å². The Morgan fingerprint density at radius 3 is 1.74 bits per heavy atom. The second-order valence-electron chi connectivity index (χ2n) is 14.4. The molecular formula is C45H77NO8. The maximum atomic E-state index is 12.9. The topological polar surface area (TPSA) is 149 Å². The van der Waals surface area contributed by atoms with Gasteiger partial charge in [0.15, 0.2) is 6.29 Å². The standard InChI is InChI=1S/C45H77NO8/c1-3-5-7-9-11-13-15-17-18-19-20-21-22-23-25-27-29-31-33-35-41(49)46-38(37-53-45-44(52)43(51)42(50)40(36-47)54-45)39(48)34-32-30-28-26-24-16-14-12-10-8-6-4-2/h10-13,17-18,20-21,24,26,32,34,38-40,42-45,47-48,50-52H,3-9,14-16,19,22-23,25,27-31,33,35-37H2,1-2H3,(H,46,49)/b12-10+,13-11-,18-17-,21-20-,26-24+,34-32+. The Morgan fingerprint density at radius 1 is 0.630 bits per heavy atom. The van der Waals surface area contributed by atoms with Gasteiger partial charge in [-0.3, -0.25) is 4.79 Å². The van der Waals surface area contributed by atoms with Crippen LogP contribution in [0.2, 0.25) is 0 Å². The van der Waals surface area contributed by atoms with Crippen molar-refractivity contribution in [2.45, 2.75) is 192 Å². The third-order valence-electron chi connectivity index (χ3n) is 9.48. The molecule has 9 heteroatoms. The molecule has 0 aliphatic carbocycles. The number of unbranched alkanes of at least 4 members (excludes halogenated alkanes) is 13. The van der Waals surface area contributed by atoms with E-state index in [1.165, 1.54) is 38.5 Å². The van der Waals surface area contributed by atoms with Crippen molar-refractivity contribution in [2.24, 2.45) is 0 Å². The predicted molar refractivity (Wildman–Crippen MR) is 221 cm³/mol. The van der Waals surface area contributed by atoms with Gasteiger partial charge in [-0.25, -0.2) is 0 Å². The zero-order valence-electron chi connectivity index (χ0n) is 33.7. The smallest absolute Gasteiger partial charge is 0.220 e. The van der Waals surface area contributed by atoms with Crippen molar-refractivity contribution in [3.05, 3.63) is 72.9 Å². The minimum absolute atomic E-state index is 0.210. The fourth-order valence-corrected chi connectivity index (χ4v) is 6.00. The molecule has 1 aliphatic heterocycles. The summed E-state index contributed by atoms with van der Waals surface area (Å²) in [6.45, 7) is 3.63. The Balaban J connectivity index is 2.42. The molecule has 0 bridgehead atoms. The number of carbonyl (C=O) groups excluding carboxylic acids is 1. The van der Waals surface area contributed by atoms with E-state index in [9.17, 15) is 30.3 Å². The summed E-state index contributed by atoms with van der Waals surface area (Å²) in [5.74, 6) is -0.210.